The quantitative estimate of drug-likeness (QED) is 0.483. The first-order valence-corrected chi connectivity index (χ1v) is 3.38. The largest absolute Gasteiger partial charge is 0.475 e. The molecule has 0 atom stereocenters. The van der Waals surface area contributed by atoms with Gasteiger partial charge in [-0.1, -0.05) is 0 Å². The van der Waals surface area contributed by atoms with E-state index in [4.69, 9.17) is 10.8 Å². The number of carboxylic acid groups (broad SMARTS) is 1. The molecule has 0 saturated carbocycles. The maximum absolute atomic E-state index is 10.6. The van der Waals surface area contributed by atoms with Gasteiger partial charge in [0.1, 0.15) is 10.7 Å². The van der Waals surface area contributed by atoms with Crippen LogP contribution >= 0.6 is 11.5 Å². The summed E-state index contributed by atoms with van der Waals surface area (Å²) in [4.78, 5) is 20.7. The Hall–Kier alpha value is -1.43. The summed E-state index contributed by atoms with van der Waals surface area (Å²) in [5.74, 6) is -2.55. The normalized spacial score (nSPS) is 9.45. The highest BCUT2D eigenvalue weighted by atomic mass is 32.1. The topological polar surface area (TPSA) is 93.3 Å². The molecule has 0 unspecified atom stereocenters. The Balaban J connectivity index is 2.94. The summed E-state index contributed by atoms with van der Waals surface area (Å²) in [6.45, 7) is 0. The van der Waals surface area contributed by atoms with Crippen LogP contribution in [0, 0.1) is 0 Å². The van der Waals surface area contributed by atoms with Crippen LogP contribution in [-0.4, -0.2) is 21.2 Å². The Kier molecular flexibility index (Phi) is 1.86. The Morgan fingerprint density at radius 3 is 2.64 bits per heavy atom. The van der Waals surface area contributed by atoms with Crippen molar-refractivity contribution < 1.29 is 14.7 Å². The molecule has 1 heterocycles. The highest BCUT2D eigenvalue weighted by Gasteiger charge is 2.17. The van der Waals surface area contributed by atoms with E-state index in [2.05, 4.69) is 4.37 Å². The maximum atomic E-state index is 10.6. The van der Waals surface area contributed by atoms with Crippen LogP contribution in [0.15, 0.2) is 6.07 Å². The van der Waals surface area contributed by atoms with Crippen molar-refractivity contribution in [3.63, 3.8) is 0 Å². The number of carbonyl (C=O) groups is 2. The minimum Gasteiger partial charge on any atom is -0.475 e. The lowest BCUT2D eigenvalue weighted by atomic mass is 10.3. The Bertz CT molecular complexity index is 306. The molecule has 0 aliphatic rings. The molecule has 0 aromatic carbocycles. The molecule has 58 valence electrons. The van der Waals surface area contributed by atoms with Crippen molar-refractivity contribution >= 4 is 28.3 Å². The molecule has 0 aliphatic heterocycles. The van der Waals surface area contributed by atoms with Gasteiger partial charge < -0.3 is 10.8 Å². The predicted octanol–water partition coefficient (Wildman–Crippen LogP) is -0.00740. The van der Waals surface area contributed by atoms with E-state index in [1.165, 1.54) is 6.07 Å². The highest BCUT2D eigenvalue weighted by Crippen LogP contribution is 2.11. The fourth-order valence-electron chi connectivity index (χ4n) is 0.506. The van der Waals surface area contributed by atoms with Gasteiger partial charge in [-0.3, -0.25) is 4.79 Å². The van der Waals surface area contributed by atoms with Crippen LogP contribution in [0.25, 0.3) is 0 Å². The van der Waals surface area contributed by atoms with Gasteiger partial charge in [0.25, 0.3) is 5.78 Å². The molecule has 11 heavy (non-hydrogen) atoms. The van der Waals surface area contributed by atoms with Crippen LogP contribution in [0.4, 0.5) is 5.00 Å². The van der Waals surface area contributed by atoms with Gasteiger partial charge in [0.2, 0.25) is 0 Å². The zero-order valence-corrected chi connectivity index (χ0v) is 6.09. The van der Waals surface area contributed by atoms with Crippen molar-refractivity contribution in [3.8, 4) is 0 Å². The standard InChI is InChI=1S/C5H4N2O3S/c6-3-1-2(7-11-3)4(8)5(9)10/h1H,6H2,(H,9,10). The summed E-state index contributed by atoms with van der Waals surface area (Å²) >= 11 is 0.894. The second-order valence-corrected chi connectivity index (χ2v) is 2.59. The zero-order chi connectivity index (χ0) is 8.43. The number of carbonyl (C=O) groups excluding carboxylic acids is 1. The van der Waals surface area contributed by atoms with E-state index in [1.807, 2.05) is 0 Å². The van der Waals surface area contributed by atoms with E-state index in [-0.39, 0.29) is 5.69 Å². The number of nitrogens with two attached hydrogens (primary N) is 1. The lowest BCUT2D eigenvalue weighted by Crippen LogP contribution is -2.12. The number of nitrogen functional groups attached to an aromatic ring is 1. The Morgan fingerprint density at radius 1 is 1.64 bits per heavy atom. The number of aliphatic carboxylic acids is 1. The molecule has 1 rings (SSSR count). The number of nitrogens with zero attached hydrogens (tertiary/aromatic N) is 1. The van der Waals surface area contributed by atoms with E-state index in [1.54, 1.807) is 0 Å². The van der Waals surface area contributed by atoms with Crippen molar-refractivity contribution in [1.82, 2.24) is 4.37 Å². The molecule has 5 nitrogen and oxygen atoms in total. The number of Topliss-reactive ketones (excluding diaryl/α,β-unsaturated/α-hetero) is 1. The number of anilines is 1. The lowest BCUT2D eigenvalue weighted by molar-refractivity contribution is -0.131. The molecule has 3 N–H and O–H groups in total. The molecule has 0 amide bonds. The van der Waals surface area contributed by atoms with Crippen LogP contribution in [0.1, 0.15) is 10.5 Å². The molecule has 1 aromatic rings. The monoisotopic (exact) mass is 172 g/mol. The summed E-state index contributed by atoms with van der Waals surface area (Å²) < 4.78 is 3.52. The van der Waals surface area contributed by atoms with Crippen molar-refractivity contribution in [2.75, 3.05) is 5.73 Å². The number of carboxylic acids is 1. The third-order valence-corrected chi connectivity index (χ3v) is 1.57. The second-order valence-electron chi connectivity index (χ2n) is 1.75. The first-order chi connectivity index (χ1) is 5.11. The molecule has 1 aromatic heterocycles. The minimum absolute atomic E-state index is 0.111. The van der Waals surface area contributed by atoms with Gasteiger partial charge in [-0.05, 0) is 11.5 Å². The van der Waals surface area contributed by atoms with E-state index in [9.17, 15) is 9.59 Å². The molecule has 0 saturated heterocycles. The lowest BCUT2D eigenvalue weighted by Gasteiger charge is -1.84. The summed E-state index contributed by atoms with van der Waals surface area (Å²) in [6.07, 6.45) is 0. The number of ketones is 1. The number of hydrogen-bond acceptors (Lipinski definition) is 5. The van der Waals surface area contributed by atoms with Crippen molar-refractivity contribution in [2.45, 2.75) is 0 Å². The van der Waals surface area contributed by atoms with Gasteiger partial charge in [0, 0.05) is 6.07 Å². The van der Waals surface area contributed by atoms with Crippen LogP contribution in [-0.2, 0) is 4.79 Å². The van der Waals surface area contributed by atoms with Gasteiger partial charge >= 0.3 is 5.97 Å². The third kappa shape index (κ3) is 1.53. The summed E-state index contributed by atoms with van der Waals surface area (Å²) in [7, 11) is 0. The van der Waals surface area contributed by atoms with Gasteiger partial charge in [-0.15, -0.1) is 0 Å². The third-order valence-electron chi connectivity index (χ3n) is 0.955. The predicted molar refractivity (Wildman–Crippen MR) is 38.5 cm³/mol. The average molecular weight is 172 g/mol. The molecule has 0 fully saturated rings. The van der Waals surface area contributed by atoms with E-state index >= 15 is 0 Å². The number of rotatable bonds is 2. The van der Waals surface area contributed by atoms with E-state index < -0.39 is 11.8 Å². The van der Waals surface area contributed by atoms with Crippen LogP contribution in [0.2, 0.25) is 0 Å². The first kappa shape index (κ1) is 7.67. The average Bonchev–Trinajstić information content (AvgIpc) is 2.34. The van der Waals surface area contributed by atoms with Crippen molar-refractivity contribution in [3.05, 3.63) is 11.8 Å². The fraction of sp³-hybridized carbons (Fsp3) is 0. The number of hydrogen-bond donors (Lipinski definition) is 2. The molecular formula is C5H4N2O3S. The van der Waals surface area contributed by atoms with Crippen LogP contribution in [0.5, 0.6) is 0 Å². The smallest absolute Gasteiger partial charge is 0.378 e. The SMILES string of the molecule is Nc1cc(C(=O)C(=O)O)ns1. The Morgan fingerprint density at radius 2 is 2.27 bits per heavy atom. The Labute approximate surface area is 65.6 Å². The first-order valence-electron chi connectivity index (χ1n) is 2.61. The van der Waals surface area contributed by atoms with Crippen molar-refractivity contribution in [1.29, 1.82) is 0 Å². The van der Waals surface area contributed by atoms with Crippen LogP contribution < -0.4 is 5.73 Å². The summed E-state index contributed by atoms with van der Waals surface area (Å²) in [5, 5.41) is 8.55. The molecule has 0 bridgehead atoms. The van der Waals surface area contributed by atoms with Gasteiger partial charge in [-0.25, -0.2) is 4.79 Å². The van der Waals surface area contributed by atoms with E-state index in [0.29, 0.717) is 5.00 Å². The maximum Gasteiger partial charge on any atom is 0.378 e. The molecule has 0 aliphatic carbocycles. The molecule has 0 radical (unpaired) electrons. The molecule has 0 spiro atoms. The molecule has 6 heteroatoms. The summed E-state index contributed by atoms with van der Waals surface area (Å²) in [6, 6.07) is 1.24. The van der Waals surface area contributed by atoms with E-state index in [0.717, 1.165) is 11.5 Å². The van der Waals surface area contributed by atoms with Gasteiger partial charge in [0.15, 0.2) is 0 Å². The number of aromatic nitrogens is 1. The van der Waals surface area contributed by atoms with Crippen molar-refractivity contribution in [2.24, 2.45) is 0 Å². The minimum atomic E-state index is -1.52. The molecular weight excluding hydrogens is 168 g/mol. The zero-order valence-electron chi connectivity index (χ0n) is 5.27. The highest BCUT2D eigenvalue weighted by molar-refractivity contribution is 7.10. The van der Waals surface area contributed by atoms with Gasteiger partial charge in [0.05, 0.1) is 0 Å². The van der Waals surface area contributed by atoms with Crippen LogP contribution in [0.3, 0.4) is 0 Å². The fourth-order valence-corrected chi connectivity index (χ4v) is 1.01. The summed E-state index contributed by atoms with van der Waals surface area (Å²) in [5.41, 5.74) is 5.12. The second kappa shape index (κ2) is 2.67. The van der Waals surface area contributed by atoms with Gasteiger partial charge in [-0.2, -0.15) is 4.37 Å².